The van der Waals surface area contributed by atoms with Gasteiger partial charge in [-0.15, -0.1) is 0 Å². The molecule has 2 aromatic rings. The third-order valence-electron chi connectivity index (χ3n) is 6.95. The Balaban J connectivity index is 1.65. The quantitative estimate of drug-likeness (QED) is 0.588. The number of rotatable bonds is 6. The molecule has 7 heteroatoms. The first-order chi connectivity index (χ1) is 15.5. The molecule has 0 N–H and O–H groups in total. The molecule has 2 heterocycles. The summed E-state index contributed by atoms with van der Waals surface area (Å²) in [6, 6.07) is 16.4. The van der Waals surface area contributed by atoms with E-state index in [0.29, 0.717) is 0 Å². The van der Waals surface area contributed by atoms with Gasteiger partial charge in [0.25, 0.3) is 10.0 Å². The maximum atomic E-state index is 13.6. The fourth-order valence-electron chi connectivity index (χ4n) is 5.24. The maximum Gasteiger partial charge on any atom is 0.265 e. The van der Waals surface area contributed by atoms with Gasteiger partial charge in [-0.05, 0) is 71.6 Å². The minimum atomic E-state index is -3.84. The summed E-state index contributed by atoms with van der Waals surface area (Å²) in [5.41, 5.74) is 1.78. The van der Waals surface area contributed by atoms with E-state index in [4.69, 9.17) is 9.68 Å². The van der Waals surface area contributed by atoms with E-state index < -0.39 is 16.1 Å². The number of piperidine rings is 1. The summed E-state index contributed by atoms with van der Waals surface area (Å²) in [5, 5.41) is 2.08. The zero-order chi connectivity index (χ0) is 23.9. The van der Waals surface area contributed by atoms with E-state index in [-0.39, 0.29) is 35.1 Å². The predicted molar refractivity (Wildman–Crippen MR) is 129 cm³/mol. The Morgan fingerprint density at radius 1 is 0.970 bits per heavy atom. The second-order valence-electron chi connectivity index (χ2n) is 10.5. The van der Waals surface area contributed by atoms with E-state index in [2.05, 4.69) is 32.8 Å². The van der Waals surface area contributed by atoms with Crippen LogP contribution in [-0.2, 0) is 19.7 Å². The van der Waals surface area contributed by atoms with Gasteiger partial charge in [-0.25, -0.2) is 8.42 Å². The van der Waals surface area contributed by atoms with Crippen LogP contribution in [-0.4, -0.2) is 48.3 Å². The summed E-state index contributed by atoms with van der Waals surface area (Å²) in [6.07, 6.45) is 3.21. The lowest BCUT2D eigenvalue weighted by Crippen LogP contribution is -2.59. The molecule has 33 heavy (non-hydrogen) atoms. The Morgan fingerprint density at radius 3 is 2.18 bits per heavy atom. The van der Waals surface area contributed by atoms with Gasteiger partial charge in [-0.3, -0.25) is 9.68 Å². The summed E-state index contributed by atoms with van der Waals surface area (Å²) in [6.45, 7) is 11.2. The normalized spacial score (nSPS) is 25.8. The molecule has 6 nitrogen and oxygen atoms in total. The van der Waals surface area contributed by atoms with Crippen LogP contribution in [0.2, 0.25) is 0 Å². The molecule has 2 aliphatic heterocycles. The molecule has 0 unspecified atom stereocenters. The van der Waals surface area contributed by atoms with Crippen LogP contribution in [0, 0.1) is 6.92 Å². The van der Waals surface area contributed by atoms with Crippen LogP contribution in [0.4, 0.5) is 0 Å². The second kappa shape index (κ2) is 9.12. The number of aryl methyl sites for hydroxylation is 1. The molecular formula is C26H36N2O4S. The molecule has 2 aliphatic rings. The van der Waals surface area contributed by atoms with Crippen molar-refractivity contribution < 1.29 is 18.1 Å². The molecular weight excluding hydrogens is 436 g/mol. The molecule has 0 radical (unpaired) electrons. The van der Waals surface area contributed by atoms with Crippen LogP contribution < -0.4 is 0 Å². The smallest absolute Gasteiger partial charge is 0.265 e. The molecule has 0 saturated carbocycles. The zero-order valence-electron chi connectivity index (χ0n) is 20.3. The van der Waals surface area contributed by atoms with Gasteiger partial charge in [0.15, 0.2) is 0 Å². The number of hydrogen-bond donors (Lipinski definition) is 0. The van der Waals surface area contributed by atoms with E-state index in [1.807, 2.05) is 49.4 Å². The average molecular weight is 473 g/mol. The molecule has 0 bridgehead atoms. The maximum absolute atomic E-state index is 13.6. The monoisotopic (exact) mass is 472 g/mol. The van der Waals surface area contributed by atoms with Gasteiger partial charge in [0.1, 0.15) is 0 Å². The van der Waals surface area contributed by atoms with Crippen molar-refractivity contribution in [2.24, 2.45) is 0 Å². The van der Waals surface area contributed by atoms with Crippen molar-refractivity contribution in [1.29, 1.82) is 0 Å². The molecule has 180 valence electrons. The van der Waals surface area contributed by atoms with Crippen molar-refractivity contribution in [2.45, 2.75) is 81.8 Å². The number of hydrogen-bond acceptors (Lipinski definition) is 5. The highest BCUT2D eigenvalue weighted by Crippen LogP contribution is 2.40. The largest absolute Gasteiger partial charge is 0.296 e. The number of nitrogens with zero attached hydrogens (tertiary/aromatic N) is 2. The van der Waals surface area contributed by atoms with Crippen molar-refractivity contribution in [1.82, 2.24) is 9.53 Å². The van der Waals surface area contributed by atoms with E-state index in [9.17, 15) is 8.42 Å². The summed E-state index contributed by atoms with van der Waals surface area (Å²) >= 11 is 0. The number of hydroxylamine groups is 3. The molecule has 2 aromatic carbocycles. The highest BCUT2D eigenvalue weighted by atomic mass is 32.2. The number of sulfonamides is 1. The SMILES string of the molecule is Cc1ccc(S(=O)(=O)N2OC[C@@H](c3ccccc3)[C@@H]2CON2C(C)(C)CCCC2(C)C)cc1. The third kappa shape index (κ3) is 4.88. The molecule has 2 atom stereocenters. The van der Waals surface area contributed by atoms with Gasteiger partial charge in [0, 0.05) is 17.0 Å². The summed E-state index contributed by atoms with van der Waals surface area (Å²) in [4.78, 5) is 12.6. The molecule has 2 saturated heterocycles. The van der Waals surface area contributed by atoms with Gasteiger partial charge in [0.05, 0.1) is 24.2 Å². The highest BCUT2D eigenvalue weighted by molar-refractivity contribution is 7.89. The van der Waals surface area contributed by atoms with Crippen molar-refractivity contribution in [3.05, 3.63) is 65.7 Å². The Hall–Kier alpha value is -1.77. The van der Waals surface area contributed by atoms with Gasteiger partial charge < -0.3 is 0 Å². The van der Waals surface area contributed by atoms with Crippen molar-refractivity contribution in [3.8, 4) is 0 Å². The van der Waals surface area contributed by atoms with E-state index in [1.54, 1.807) is 12.1 Å². The van der Waals surface area contributed by atoms with Gasteiger partial charge in [0.2, 0.25) is 0 Å². The van der Waals surface area contributed by atoms with E-state index >= 15 is 0 Å². The standard InChI is InChI=1S/C26H36N2O4S/c1-20-12-14-22(15-13-20)33(29,30)27-24(23(18-31-27)21-10-7-6-8-11-21)19-32-28-25(2,3)16-9-17-26(28,4)5/h6-8,10-15,23-24H,9,16-19H2,1-5H3/t23-,24-/m0/s1. The number of benzene rings is 2. The van der Waals surface area contributed by atoms with Gasteiger partial charge in [-0.1, -0.05) is 52.5 Å². The van der Waals surface area contributed by atoms with Crippen LogP contribution in [0.25, 0.3) is 0 Å². The third-order valence-corrected chi connectivity index (χ3v) is 8.67. The van der Waals surface area contributed by atoms with E-state index in [0.717, 1.165) is 30.4 Å². The van der Waals surface area contributed by atoms with Crippen molar-refractivity contribution >= 4 is 10.0 Å². The minimum absolute atomic E-state index is 0.123. The summed E-state index contributed by atoms with van der Waals surface area (Å²) < 4.78 is 28.3. The topological polar surface area (TPSA) is 59.1 Å². The lowest BCUT2D eigenvalue weighted by Gasteiger charge is -2.51. The van der Waals surface area contributed by atoms with Gasteiger partial charge in [-0.2, -0.15) is 5.06 Å². The molecule has 4 rings (SSSR count). The van der Waals surface area contributed by atoms with Crippen molar-refractivity contribution in [3.63, 3.8) is 0 Å². The second-order valence-corrected chi connectivity index (χ2v) is 12.3. The lowest BCUT2D eigenvalue weighted by molar-refractivity contribution is -0.287. The average Bonchev–Trinajstić information content (AvgIpc) is 3.18. The Kier molecular flexibility index (Phi) is 6.73. The van der Waals surface area contributed by atoms with Gasteiger partial charge >= 0.3 is 0 Å². The summed E-state index contributed by atoms with van der Waals surface area (Å²) in [5.74, 6) is -0.123. The highest BCUT2D eigenvalue weighted by Gasteiger charge is 2.47. The van der Waals surface area contributed by atoms with Crippen molar-refractivity contribution in [2.75, 3.05) is 13.2 Å². The Bertz CT molecular complexity index is 1040. The van der Waals surface area contributed by atoms with Crippen LogP contribution in [0.5, 0.6) is 0 Å². The van der Waals surface area contributed by atoms with Crippen LogP contribution in [0.3, 0.4) is 0 Å². The van der Waals surface area contributed by atoms with Crippen LogP contribution >= 0.6 is 0 Å². The molecule has 0 aliphatic carbocycles. The Labute approximate surface area is 198 Å². The molecule has 0 aromatic heterocycles. The zero-order valence-corrected chi connectivity index (χ0v) is 21.1. The first kappa shape index (κ1) is 24.4. The van der Waals surface area contributed by atoms with Crippen LogP contribution in [0.15, 0.2) is 59.5 Å². The van der Waals surface area contributed by atoms with E-state index in [1.165, 1.54) is 4.47 Å². The first-order valence-electron chi connectivity index (χ1n) is 11.7. The molecule has 0 amide bonds. The van der Waals surface area contributed by atoms with Crippen LogP contribution in [0.1, 0.15) is 64.0 Å². The Morgan fingerprint density at radius 2 is 1.58 bits per heavy atom. The molecule has 2 fully saturated rings. The fourth-order valence-corrected chi connectivity index (χ4v) is 6.69. The predicted octanol–water partition coefficient (Wildman–Crippen LogP) is 5.06. The minimum Gasteiger partial charge on any atom is -0.296 e. The molecule has 0 spiro atoms. The first-order valence-corrected chi connectivity index (χ1v) is 13.2. The fraction of sp³-hybridized carbons (Fsp3) is 0.538. The lowest BCUT2D eigenvalue weighted by atomic mass is 9.82. The summed E-state index contributed by atoms with van der Waals surface area (Å²) in [7, 11) is -3.84.